The molecule has 2 aromatic rings. The maximum Gasteiger partial charge on any atom is 0.271 e. The van der Waals surface area contributed by atoms with Crippen LogP contribution in [0.2, 0.25) is 0 Å². The molecule has 1 saturated heterocycles. The first-order valence-corrected chi connectivity index (χ1v) is 7.83. The standard InChI is InChI=1S/C17H15N3O4/c21-14-8-13(16(23)19-14)20(10-5-6-10)17(24)12-7-9-3-1-2-4-11(9)15(22)18-12/h1-4,7,10,13H,5-6,8H2,(H,18,22)(H,19,21,23). The van der Waals surface area contributed by atoms with E-state index in [0.29, 0.717) is 10.8 Å². The first-order valence-electron chi connectivity index (χ1n) is 7.83. The lowest BCUT2D eigenvalue weighted by Gasteiger charge is -2.26. The van der Waals surface area contributed by atoms with Gasteiger partial charge in [-0.2, -0.15) is 0 Å². The zero-order valence-electron chi connectivity index (χ0n) is 12.7. The molecule has 1 aliphatic heterocycles. The van der Waals surface area contributed by atoms with E-state index in [-0.39, 0.29) is 29.6 Å². The summed E-state index contributed by atoms with van der Waals surface area (Å²) in [4.78, 5) is 52.6. The van der Waals surface area contributed by atoms with Crippen LogP contribution in [0.15, 0.2) is 35.1 Å². The number of H-pyrrole nitrogens is 1. The molecule has 7 nitrogen and oxygen atoms in total. The fourth-order valence-corrected chi connectivity index (χ4v) is 3.14. The summed E-state index contributed by atoms with van der Waals surface area (Å²) < 4.78 is 0. The summed E-state index contributed by atoms with van der Waals surface area (Å²) in [5, 5.41) is 3.39. The Kier molecular flexibility index (Phi) is 3.23. The van der Waals surface area contributed by atoms with Crippen LogP contribution in [0.4, 0.5) is 0 Å². The van der Waals surface area contributed by atoms with Crippen molar-refractivity contribution >= 4 is 28.5 Å². The van der Waals surface area contributed by atoms with Gasteiger partial charge < -0.3 is 9.88 Å². The van der Waals surface area contributed by atoms with Gasteiger partial charge in [0.25, 0.3) is 11.5 Å². The van der Waals surface area contributed by atoms with Crippen molar-refractivity contribution in [3.63, 3.8) is 0 Å². The molecule has 1 aromatic heterocycles. The van der Waals surface area contributed by atoms with E-state index in [1.54, 1.807) is 30.3 Å². The van der Waals surface area contributed by atoms with E-state index in [0.717, 1.165) is 12.8 Å². The number of aromatic nitrogens is 1. The average molecular weight is 325 g/mol. The highest BCUT2D eigenvalue weighted by Gasteiger charge is 2.45. The Morgan fingerprint density at radius 2 is 1.88 bits per heavy atom. The molecule has 0 radical (unpaired) electrons. The highest BCUT2D eigenvalue weighted by molar-refractivity contribution is 6.08. The lowest BCUT2D eigenvalue weighted by atomic mass is 10.1. The van der Waals surface area contributed by atoms with Gasteiger partial charge in [-0.3, -0.25) is 24.5 Å². The van der Waals surface area contributed by atoms with Crippen LogP contribution in [0.1, 0.15) is 29.8 Å². The highest BCUT2D eigenvalue weighted by atomic mass is 16.2. The number of pyridine rings is 1. The SMILES string of the molecule is O=C1CC(N(C(=O)c2cc3ccccc3c(=O)[nH]2)C2CC2)C(=O)N1. The van der Waals surface area contributed by atoms with Crippen molar-refractivity contribution in [1.29, 1.82) is 0 Å². The normalized spacial score (nSPS) is 20.2. The molecule has 7 heteroatoms. The molecule has 0 spiro atoms. The molecule has 24 heavy (non-hydrogen) atoms. The topological polar surface area (TPSA) is 99.3 Å². The summed E-state index contributed by atoms with van der Waals surface area (Å²) in [7, 11) is 0. The van der Waals surface area contributed by atoms with E-state index in [2.05, 4.69) is 10.3 Å². The van der Waals surface area contributed by atoms with Crippen molar-refractivity contribution in [3.8, 4) is 0 Å². The number of benzene rings is 1. The minimum Gasteiger partial charge on any atom is -0.322 e. The van der Waals surface area contributed by atoms with E-state index in [1.165, 1.54) is 4.90 Å². The molecule has 2 N–H and O–H groups in total. The Bertz CT molecular complexity index is 929. The minimum atomic E-state index is -0.799. The molecule has 1 atom stereocenters. The third kappa shape index (κ3) is 2.38. The minimum absolute atomic E-state index is 0.0289. The first kappa shape index (κ1) is 14.6. The fraction of sp³-hybridized carbons (Fsp3) is 0.294. The molecule has 0 bridgehead atoms. The van der Waals surface area contributed by atoms with E-state index >= 15 is 0 Å². The van der Waals surface area contributed by atoms with E-state index in [4.69, 9.17) is 0 Å². The Balaban J connectivity index is 1.74. The smallest absolute Gasteiger partial charge is 0.271 e. The lowest BCUT2D eigenvalue weighted by Crippen LogP contribution is -2.46. The zero-order valence-corrected chi connectivity index (χ0v) is 12.7. The Morgan fingerprint density at radius 3 is 2.54 bits per heavy atom. The lowest BCUT2D eigenvalue weighted by molar-refractivity contribution is -0.126. The second kappa shape index (κ2) is 5.30. The third-order valence-corrected chi connectivity index (χ3v) is 4.44. The van der Waals surface area contributed by atoms with Crippen LogP contribution in [0.5, 0.6) is 0 Å². The van der Waals surface area contributed by atoms with Gasteiger partial charge in [0, 0.05) is 11.4 Å². The first-order chi connectivity index (χ1) is 11.5. The summed E-state index contributed by atoms with van der Waals surface area (Å²) in [6.07, 6.45) is 1.56. The number of carbonyl (C=O) groups excluding carboxylic acids is 3. The number of aromatic amines is 1. The van der Waals surface area contributed by atoms with Gasteiger partial charge in [-0.15, -0.1) is 0 Å². The number of hydrogen-bond acceptors (Lipinski definition) is 4. The Morgan fingerprint density at radius 1 is 1.12 bits per heavy atom. The van der Waals surface area contributed by atoms with Crippen LogP contribution >= 0.6 is 0 Å². The van der Waals surface area contributed by atoms with Gasteiger partial charge in [-0.1, -0.05) is 18.2 Å². The molecule has 1 saturated carbocycles. The van der Waals surface area contributed by atoms with Gasteiger partial charge in [0.05, 0.1) is 6.42 Å². The highest BCUT2D eigenvalue weighted by Crippen LogP contribution is 2.32. The van der Waals surface area contributed by atoms with Gasteiger partial charge in [0.2, 0.25) is 11.8 Å². The molecule has 1 unspecified atom stereocenters. The van der Waals surface area contributed by atoms with E-state index in [9.17, 15) is 19.2 Å². The molecular weight excluding hydrogens is 310 g/mol. The van der Waals surface area contributed by atoms with E-state index in [1.807, 2.05) is 0 Å². The van der Waals surface area contributed by atoms with Crippen molar-refractivity contribution in [2.45, 2.75) is 31.3 Å². The van der Waals surface area contributed by atoms with Crippen molar-refractivity contribution in [2.75, 3.05) is 0 Å². The summed E-state index contributed by atoms with van der Waals surface area (Å²) >= 11 is 0. The van der Waals surface area contributed by atoms with Crippen molar-refractivity contribution in [1.82, 2.24) is 15.2 Å². The van der Waals surface area contributed by atoms with Crippen LogP contribution in [0.25, 0.3) is 10.8 Å². The maximum absolute atomic E-state index is 12.9. The van der Waals surface area contributed by atoms with Gasteiger partial charge in [-0.05, 0) is 30.4 Å². The predicted octanol–water partition coefficient (Wildman–Crippen LogP) is 0.548. The number of carbonyl (C=O) groups is 3. The quantitative estimate of drug-likeness (QED) is 0.805. The van der Waals surface area contributed by atoms with Crippen LogP contribution in [-0.2, 0) is 9.59 Å². The summed E-state index contributed by atoms with van der Waals surface area (Å²) in [6.45, 7) is 0. The summed E-state index contributed by atoms with van der Waals surface area (Å²) in [6, 6.07) is 7.74. The number of nitrogens with zero attached hydrogens (tertiary/aromatic N) is 1. The van der Waals surface area contributed by atoms with Crippen molar-refractivity contribution < 1.29 is 14.4 Å². The second-order valence-electron chi connectivity index (χ2n) is 6.18. The maximum atomic E-state index is 12.9. The fourth-order valence-electron chi connectivity index (χ4n) is 3.14. The van der Waals surface area contributed by atoms with Crippen LogP contribution in [0.3, 0.4) is 0 Å². The number of nitrogens with one attached hydrogen (secondary N) is 2. The van der Waals surface area contributed by atoms with Gasteiger partial charge >= 0.3 is 0 Å². The molecular formula is C17H15N3O4. The van der Waals surface area contributed by atoms with Crippen LogP contribution in [0, 0.1) is 0 Å². The molecule has 1 aliphatic carbocycles. The summed E-state index contributed by atoms with van der Waals surface area (Å²) in [5.74, 6) is -1.26. The van der Waals surface area contributed by atoms with Gasteiger partial charge in [0.15, 0.2) is 0 Å². The number of rotatable bonds is 3. The molecule has 4 rings (SSSR count). The average Bonchev–Trinajstić information content (AvgIpc) is 3.33. The molecule has 2 heterocycles. The zero-order chi connectivity index (χ0) is 16.8. The molecule has 3 amide bonds. The second-order valence-corrected chi connectivity index (χ2v) is 6.18. The van der Waals surface area contributed by atoms with Crippen LogP contribution < -0.4 is 10.9 Å². The molecule has 2 fully saturated rings. The van der Waals surface area contributed by atoms with Crippen LogP contribution in [-0.4, -0.2) is 39.7 Å². The van der Waals surface area contributed by atoms with Crippen molar-refractivity contribution in [2.24, 2.45) is 0 Å². The molecule has 1 aromatic carbocycles. The molecule has 2 aliphatic rings. The predicted molar refractivity (Wildman–Crippen MR) is 85.3 cm³/mol. The van der Waals surface area contributed by atoms with E-state index < -0.39 is 17.9 Å². The number of fused-ring (bicyclic) bond motifs is 1. The monoisotopic (exact) mass is 325 g/mol. The summed E-state index contributed by atoms with van der Waals surface area (Å²) in [5.41, 5.74) is -0.211. The Labute approximate surface area is 136 Å². The largest absolute Gasteiger partial charge is 0.322 e. The van der Waals surface area contributed by atoms with Crippen molar-refractivity contribution in [3.05, 3.63) is 46.4 Å². The Hall–Kier alpha value is -2.96. The number of amides is 3. The molecule has 122 valence electrons. The van der Waals surface area contributed by atoms with Gasteiger partial charge in [-0.25, -0.2) is 0 Å². The number of imide groups is 1. The third-order valence-electron chi connectivity index (χ3n) is 4.44. The number of hydrogen-bond donors (Lipinski definition) is 2. The van der Waals surface area contributed by atoms with Gasteiger partial charge in [0.1, 0.15) is 11.7 Å².